The van der Waals surface area contributed by atoms with Crippen molar-refractivity contribution in [1.29, 1.82) is 0 Å². The minimum Gasteiger partial charge on any atom is -0.465 e. The van der Waals surface area contributed by atoms with Crippen molar-refractivity contribution in [3.63, 3.8) is 0 Å². The Balaban J connectivity index is 4.62. The van der Waals surface area contributed by atoms with Gasteiger partial charge in [-0.1, -0.05) is 20.3 Å². The molecule has 4 heteroatoms. The highest BCUT2D eigenvalue weighted by molar-refractivity contribution is 6.01. The molecule has 0 aromatic carbocycles. The molecule has 2 atom stereocenters. The molecule has 0 fully saturated rings. The second-order valence-electron chi connectivity index (χ2n) is 3.85. The normalized spacial score (nSPS) is 14.1. The smallest absolute Gasteiger partial charge is 0.316 e. The highest BCUT2D eigenvalue weighted by Crippen LogP contribution is 2.15. The summed E-state index contributed by atoms with van der Waals surface area (Å²) in [6.07, 6.45) is 1.50. The summed E-state index contributed by atoms with van der Waals surface area (Å²) in [5.74, 6) is -1.26. The monoisotopic (exact) mass is 244 g/mol. The van der Waals surface area contributed by atoms with Crippen molar-refractivity contribution in [3.05, 3.63) is 0 Å². The van der Waals surface area contributed by atoms with E-state index in [0.29, 0.717) is 26.1 Å². The fourth-order valence-corrected chi connectivity index (χ4v) is 1.72. The first kappa shape index (κ1) is 16.1. The van der Waals surface area contributed by atoms with E-state index in [1.165, 1.54) is 0 Å². The van der Waals surface area contributed by atoms with Crippen molar-refractivity contribution >= 4 is 11.8 Å². The summed E-state index contributed by atoms with van der Waals surface area (Å²) in [5.41, 5.74) is 0. The number of rotatable bonds is 9. The predicted octanol–water partition coefficient (Wildman–Crippen LogP) is 2.35. The zero-order valence-electron chi connectivity index (χ0n) is 11.3. The average molecular weight is 244 g/mol. The second-order valence-corrected chi connectivity index (χ2v) is 3.85. The third kappa shape index (κ3) is 5.31. The number of hydrogen-bond donors (Lipinski definition) is 0. The standard InChI is InChI=1S/C13H24O4/c1-5-9-11(16-7-3)12(14)10(6-2)13(15)17-8-4/h10-11H,5-9H2,1-4H3. The molecule has 0 saturated heterocycles. The van der Waals surface area contributed by atoms with E-state index in [-0.39, 0.29) is 5.78 Å². The number of carbonyl (C=O) groups excluding carboxylic acids is 2. The van der Waals surface area contributed by atoms with E-state index in [4.69, 9.17) is 9.47 Å². The largest absolute Gasteiger partial charge is 0.465 e. The van der Waals surface area contributed by atoms with Crippen LogP contribution in [0.25, 0.3) is 0 Å². The Morgan fingerprint density at radius 2 is 1.71 bits per heavy atom. The van der Waals surface area contributed by atoms with Crippen LogP contribution in [0.1, 0.15) is 47.0 Å². The molecule has 4 nitrogen and oxygen atoms in total. The quantitative estimate of drug-likeness (QED) is 0.461. The Morgan fingerprint density at radius 1 is 1.06 bits per heavy atom. The molecule has 0 radical (unpaired) electrons. The van der Waals surface area contributed by atoms with E-state index in [0.717, 1.165) is 6.42 Å². The van der Waals surface area contributed by atoms with Crippen molar-refractivity contribution in [2.45, 2.75) is 53.1 Å². The van der Waals surface area contributed by atoms with Crippen LogP contribution >= 0.6 is 0 Å². The molecule has 0 aromatic heterocycles. The van der Waals surface area contributed by atoms with Gasteiger partial charge in [0.2, 0.25) is 0 Å². The van der Waals surface area contributed by atoms with Crippen LogP contribution in [0.2, 0.25) is 0 Å². The molecule has 0 aliphatic heterocycles. The van der Waals surface area contributed by atoms with Crippen LogP contribution in [0.15, 0.2) is 0 Å². The molecule has 17 heavy (non-hydrogen) atoms. The Kier molecular flexibility index (Phi) is 8.68. The molecule has 0 saturated carbocycles. The van der Waals surface area contributed by atoms with Gasteiger partial charge in [0.15, 0.2) is 5.78 Å². The van der Waals surface area contributed by atoms with Gasteiger partial charge in [-0.25, -0.2) is 0 Å². The molecule has 0 aliphatic carbocycles. The SMILES string of the molecule is CCCC(OCC)C(=O)C(CC)C(=O)OCC. The van der Waals surface area contributed by atoms with Gasteiger partial charge < -0.3 is 9.47 Å². The molecule has 0 aliphatic rings. The molecule has 0 aromatic rings. The molecule has 2 unspecified atom stereocenters. The first-order valence-corrected chi connectivity index (χ1v) is 6.44. The highest BCUT2D eigenvalue weighted by atomic mass is 16.5. The van der Waals surface area contributed by atoms with E-state index < -0.39 is 18.0 Å². The third-order valence-electron chi connectivity index (χ3n) is 2.56. The average Bonchev–Trinajstić information content (AvgIpc) is 2.30. The van der Waals surface area contributed by atoms with Gasteiger partial charge >= 0.3 is 5.97 Å². The number of Topliss-reactive ketones (excluding diaryl/α,β-unsaturated/α-hetero) is 1. The van der Waals surface area contributed by atoms with Gasteiger partial charge in [-0.2, -0.15) is 0 Å². The van der Waals surface area contributed by atoms with E-state index in [2.05, 4.69) is 0 Å². The molecular weight excluding hydrogens is 220 g/mol. The minimum absolute atomic E-state index is 0.144. The molecule has 0 rings (SSSR count). The fourth-order valence-electron chi connectivity index (χ4n) is 1.72. The van der Waals surface area contributed by atoms with Crippen molar-refractivity contribution in [2.75, 3.05) is 13.2 Å². The molecule has 0 bridgehead atoms. The summed E-state index contributed by atoms with van der Waals surface area (Å²) < 4.78 is 10.3. The first-order valence-electron chi connectivity index (χ1n) is 6.44. The molecule has 0 N–H and O–H groups in total. The van der Waals surface area contributed by atoms with Crippen LogP contribution in [-0.2, 0) is 19.1 Å². The van der Waals surface area contributed by atoms with Crippen LogP contribution in [-0.4, -0.2) is 31.1 Å². The number of hydrogen-bond acceptors (Lipinski definition) is 4. The summed E-state index contributed by atoms with van der Waals surface area (Å²) in [6, 6.07) is 0. The summed E-state index contributed by atoms with van der Waals surface area (Å²) >= 11 is 0. The van der Waals surface area contributed by atoms with Crippen LogP contribution in [0, 0.1) is 5.92 Å². The Bertz CT molecular complexity index is 232. The summed E-state index contributed by atoms with van der Waals surface area (Å²) in [6.45, 7) is 8.17. The second kappa shape index (κ2) is 9.16. The Hall–Kier alpha value is -0.900. The van der Waals surface area contributed by atoms with Crippen molar-refractivity contribution in [2.24, 2.45) is 5.92 Å². The van der Waals surface area contributed by atoms with E-state index in [9.17, 15) is 9.59 Å². The maximum Gasteiger partial charge on any atom is 0.316 e. The zero-order chi connectivity index (χ0) is 13.3. The van der Waals surface area contributed by atoms with Crippen molar-refractivity contribution < 1.29 is 19.1 Å². The summed E-state index contributed by atoms with van der Waals surface area (Å²) in [7, 11) is 0. The summed E-state index contributed by atoms with van der Waals surface area (Å²) in [4.78, 5) is 23.8. The van der Waals surface area contributed by atoms with E-state index >= 15 is 0 Å². The maximum atomic E-state index is 12.1. The number of carbonyl (C=O) groups is 2. The summed E-state index contributed by atoms with van der Waals surface area (Å²) in [5, 5.41) is 0. The third-order valence-corrected chi connectivity index (χ3v) is 2.56. The lowest BCUT2D eigenvalue weighted by molar-refractivity contribution is -0.155. The fraction of sp³-hybridized carbons (Fsp3) is 0.846. The first-order chi connectivity index (χ1) is 8.12. The van der Waals surface area contributed by atoms with Crippen LogP contribution in [0.5, 0.6) is 0 Å². The van der Waals surface area contributed by atoms with Gasteiger partial charge in [0.05, 0.1) is 6.61 Å². The van der Waals surface area contributed by atoms with Gasteiger partial charge in [-0.3, -0.25) is 9.59 Å². The minimum atomic E-state index is -0.682. The van der Waals surface area contributed by atoms with Gasteiger partial charge in [-0.05, 0) is 26.7 Å². The van der Waals surface area contributed by atoms with Crippen molar-refractivity contribution in [1.82, 2.24) is 0 Å². The van der Waals surface area contributed by atoms with Crippen LogP contribution < -0.4 is 0 Å². The van der Waals surface area contributed by atoms with Gasteiger partial charge in [0, 0.05) is 6.61 Å². The topological polar surface area (TPSA) is 52.6 Å². The van der Waals surface area contributed by atoms with E-state index in [1.54, 1.807) is 6.92 Å². The zero-order valence-corrected chi connectivity index (χ0v) is 11.3. The Morgan fingerprint density at radius 3 is 2.12 bits per heavy atom. The van der Waals surface area contributed by atoms with Gasteiger partial charge in [0.25, 0.3) is 0 Å². The highest BCUT2D eigenvalue weighted by Gasteiger charge is 2.31. The lowest BCUT2D eigenvalue weighted by Crippen LogP contribution is -2.35. The maximum absolute atomic E-state index is 12.1. The molecule has 0 amide bonds. The predicted molar refractivity (Wildman–Crippen MR) is 65.7 cm³/mol. The van der Waals surface area contributed by atoms with Gasteiger partial charge in [0.1, 0.15) is 12.0 Å². The number of ether oxygens (including phenoxy) is 2. The van der Waals surface area contributed by atoms with Crippen molar-refractivity contribution in [3.8, 4) is 0 Å². The lowest BCUT2D eigenvalue weighted by atomic mass is 9.95. The molecule has 100 valence electrons. The van der Waals surface area contributed by atoms with Gasteiger partial charge in [-0.15, -0.1) is 0 Å². The van der Waals surface area contributed by atoms with E-state index in [1.807, 2.05) is 20.8 Å². The lowest BCUT2D eigenvalue weighted by Gasteiger charge is -2.20. The molecular formula is C13H24O4. The molecule has 0 spiro atoms. The number of ketones is 1. The molecule has 0 heterocycles. The number of esters is 1. The van der Waals surface area contributed by atoms with Crippen LogP contribution in [0.3, 0.4) is 0 Å². The Labute approximate surface area is 104 Å². The van der Waals surface area contributed by atoms with Crippen LogP contribution in [0.4, 0.5) is 0 Å².